The van der Waals surface area contributed by atoms with Gasteiger partial charge in [-0.15, -0.1) is 0 Å². The molecule has 5 heteroatoms. The Hall–Kier alpha value is -0.910. The summed E-state index contributed by atoms with van der Waals surface area (Å²) in [7, 11) is 0. The summed E-state index contributed by atoms with van der Waals surface area (Å²) in [6.07, 6.45) is 15.6. The zero-order valence-corrected chi connectivity index (χ0v) is 23.9. The third-order valence-electron chi connectivity index (χ3n) is 13.2. The van der Waals surface area contributed by atoms with Crippen molar-refractivity contribution in [2.75, 3.05) is 32.7 Å². The molecule has 6 fully saturated rings. The molecule has 4 aliphatic carbocycles. The Labute approximate surface area is 225 Å². The van der Waals surface area contributed by atoms with Crippen LogP contribution in [0.2, 0.25) is 0 Å². The number of nitrogens with zero attached hydrogens (tertiary/aromatic N) is 2. The van der Waals surface area contributed by atoms with Gasteiger partial charge < -0.3 is 14.3 Å². The minimum atomic E-state index is -0.149. The van der Waals surface area contributed by atoms with Gasteiger partial charge in [-0.1, -0.05) is 20.4 Å². The lowest BCUT2D eigenvalue weighted by Crippen LogP contribution is -2.60. The number of ether oxygens (including phenoxy) is 1. The molecule has 0 radical (unpaired) electrons. The van der Waals surface area contributed by atoms with E-state index in [9.17, 15) is 9.90 Å². The molecule has 0 aromatic carbocycles. The Kier molecular flexibility index (Phi) is 6.85. The van der Waals surface area contributed by atoms with E-state index in [1.54, 1.807) is 6.92 Å². The van der Waals surface area contributed by atoms with Crippen molar-refractivity contribution in [1.82, 2.24) is 4.90 Å². The number of hydrogen-bond donors (Lipinski definition) is 1. The number of carbonyl (C=O) groups excluding carboxylic acids is 1. The smallest absolute Gasteiger partial charge is 0.303 e. The minimum absolute atomic E-state index is 0.0325. The van der Waals surface area contributed by atoms with Crippen LogP contribution in [0.1, 0.15) is 91.4 Å². The average molecular weight is 514 g/mol. The van der Waals surface area contributed by atoms with E-state index < -0.39 is 0 Å². The summed E-state index contributed by atoms with van der Waals surface area (Å²) in [6.45, 7) is 16.7. The van der Waals surface area contributed by atoms with E-state index in [2.05, 4.69) is 31.4 Å². The van der Waals surface area contributed by atoms with Gasteiger partial charge in [-0.3, -0.25) is 9.69 Å². The molecule has 4 saturated carbocycles. The van der Waals surface area contributed by atoms with E-state index in [1.807, 2.05) is 0 Å². The highest BCUT2D eigenvalue weighted by molar-refractivity contribution is 5.66. The fraction of sp³-hybridized carbons (Fsp3) is 0.906. The van der Waals surface area contributed by atoms with E-state index >= 15 is 0 Å². The predicted molar refractivity (Wildman–Crippen MR) is 147 cm³/mol. The maximum Gasteiger partial charge on any atom is 0.303 e. The van der Waals surface area contributed by atoms with Gasteiger partial charge in [0.25, 0.3) is 0 Å². The molecule has 0 amide bonds. The van der Waals surface area contributed by atoms with E-state index in [0.29, 0.717) is 29.3 Å². The molecule has 37 heavy (non-hydrogen) atoms. The molecule has 6 aliphatic rings. The van der Waals surface area contributed by atoms with Crippen molar-refractivity contribution in [3.05, 3.63) is 12.7 Å². The molecular formula is C32H53N2O3+. The molecule has 2 saturated heterocycles. The van der Waals surface area contributed by atoms with E-state index in [1.165, 1.54) is 90.4 Å². The van der Waals surface area contributed by atoms with Crippen LogP contribution in [0.5, 0.6) is 0 Å². The third kappa shape index (κ3) is 4.08. The molecule has 10 atom stereocenters. The lowest BCUT2D eigenvalue weighted by atomic mass is 9.44. The summed E-state index contributed by atoms with van der Waals surface area (Å²) in [5.74, 6) is 2.66. The first-order valence-electron chi connectivity index (χ1n) is 15.8. The first-order valence-corrected chi connectivity index (χ1v) is 15.8. The van der Waals surface area contributed by atoms with Gasteiger partial charge in [-0.25, -0.2) is 0 Å². The second-order valence-corrected chi connectivity index (χ2v) is 14.7. The Morgan fingerprint density at radius 1 is 1.05 bits per heavy atom. The second kappa shape index (κ2) is 9.63. The van der Waals surface area contributed by atoms with E-state index in [4.69, 9.17) is 4.74 Å². The fourth-order valence-corrected chi connectivity index (χ4v) is 11.5. The molecule has 0 spiro atoms. The molecule has 5 nitrogen and oxygen atoms in total. The molecular weight excluding hydrogens is 460 g/mol. The molecule has 0 bridgehead atoms. The average Bonchev–Trinajstić information content (AvgIpc) is 3.60. The summed E-state index contributed by atoms with van der Waals surface area (Å²) in [5, 5.41) is 11.2. The van der Waals surface area contributed by atoms with Crippen LogP contribution in [0.3, 0.4) is 0 Å². The van der Waals surface area contributed by atoms with E-state index in [0.717, 1.165) is 29.3 Å². The van der Waals surface area contributed by atoms with E-state index in [-0.39, 0.29) is 23.6 Å². The summed E-state index contributed by atoms with van der Waals surface area (Å²) in [4.78, 5) is 15.1. The Morgan fingerprint density at radius 3 is 2.46 bits per heavy atom. The third-order valence-corrected chi connectivity index (χ3v) is 13.2. The van der Waals surface area contributed by atoms with Crippen molar-refractivity contribution in [3.8, 4) is 0 Å². The highest BCUT2D eigenvalue weighted by atomic mass is 16.5. The van der Waals surface area contributed by atoms with Crippen LogP contribution in [0.25, 0.3) is 0 Å². The van der Waals surface area contributed by atoms with Gasteiger partial charge in [0.2, 0.25) is 0 Å². The number of likely N-dealkylation sites (tertiary alicyclic amines) is 2. The van der Waals surface area contributed by atoms with Crippen molar-refractivity contribution in [2.24, 2.45) is 34.5 Å². The highest BCUT2D eigenvalue weighted by Crippen LogP contribution is 2.67. The monoisotopic (exact) mass is 513 g/mol. The van der Waals surface area contributed by atoms with Gasteiger partial charge in [0.05, 0.1) is 25.7 Å². The maximum absolute atomic E-state index is 12.5. The van der Waals surface area contributed by atoms with Crippen LogP contribution < -0.4 is 0 Å². The number of aliphatic hydroxyl groups excluding tert-OH is 1. The molecule has 5 unspecified atom stereocenters. The first-order chi connectivity index (χ1) is 17.7. The number of aliphatic hydroxyl groups is 1. The molecule has 208 valence electrons. The lowest BCUT2D eigenvalue weighted by Gasteiger charge is -2.62. The number of hydrogen-bond acceptors (Lipinski definition) is 4. The Morgan fingerprint density at radius 2 is 1.78 bits per heavy atom. The summed E-state index contributed by atoms with van der Waals surface area (Å²) >= 11 is 0. The molecule has 0 aromatic rings. The number of rotatable bonds is 5. The van der Waals surface area contributed by atoms with Crippen molar-refractivity contribution < 1.29 is 19.1 Å². The Balaban J connectivity index is 1.31. The molecule has 2 heterocycles. The zero-order chi connectivity index (χ0) is 26.0. The zero-order valence-electron chi connectivity index (χ0n) is 23.9. The Bertz CT molecular complexity index is 879. The van der Waals surface area contributed by atoms with Crippen LogP contribution in [-0.4, -0.2) is 77.5 Å². The summed E-state index contributed by atoms with van der Waals surface area (Å²) in [5.41, 5.74) is 0.408. The van der Waals surface area contributed by atoms with Gasteiger partial charge in [0.1, 0.15) is 6.04 Å². The normalized spacial score (nSPS) is 49.2. The SMILES string of the molecule is C=CC[N+]1(C2C[C@H]3[C@@H]4CCC5CC(O)C(N6CCCC6)C[C@]5(C)[C@@H]4CC[C@]3(C)C2OC(C)=O)CCCC1. The first kappa shape index (κ1) is 26.3. The van der Waals surface area contributed by atoms with Gasteiger partial charge >= 0.3 is 5.97 Å². The van der Waals surface area contributed by atoms with Crippen LogP contribution in [0, 0.1) is 34.5 Å². The van der Waals surface area contributed by atoms with Crippen LogP contribution in [0.15, 0.2) is 12.7 Å². The standard InChI is InChI=1S/C32H53N2O3/c1-5-16-34(17-8-9-18-34)28-20-26-24-11-10-23-19-29(36)27(33-14-6-7-15-33)21-32(23,4)25(24)12-13-31(26,3)30(28)37-22(2)35/h5,23-30,36H,1,6-21H2,2-4H3/q+1/t23?,24-,25-,26+,27?,28?,29?,30?,31+,32+/m1/s1. The minimum Gasteiger partial charge on any atom is -0.456 e. The summed E-state index contributed by atoms with van der Waals surface area (Å²) < 4.78 is 7.45. The number of carbonyl (C=O) groups is 1. The van der Waals surface area contributed by atoms with Gasteiger partial charge in [-0.2, -0.15) is 0 Å². The van der Waals surface area contributed by atoms with Crippen LogP contribution in [0.4, 0.5) is 0 Å². The quantitative estimate of drug-likeness (QED) is 0.313. The van der Waals surface area contributed by atoms with Crippen LogP contribution >= 0.6 is 0 Å². The number of fused-ring (bicyclic) bond motifs is 5. The molecule has 2 aliphatic heterocycles. The molecule has 1 N–H and O–H groups in total. The van der Waals surface area contributed by atoms with Gasteiger partial charge in [0, 0.05) is 37.6 Å². The largest absolute Gasteiger partial charge is 0.456 e. The molecule has 6 rings (SSSR count). The number of quaternary nitrogens is 1. The van der Waals surface area contributed by atoms with Crippen molar-refractivity contribution in [3.63, 3.8) is 0 Å². The van der Waals surface area contributed by atoms with Crippen molar-refractivity contribution in [1.29, 1.82) is 0 Å². The fourth-order valence-electron chi connectivity index (χ4n) is 11.5. The van der Waals surface area contributed by atoms with Crippen LogP contribution in [-0.2, 0) is 9.53 Å². The molecule has 0 aromatic heterocycles. The predicted octanol–water partition coefficient (Wildman–Crippen LogP) is 5.17. The summed E-state index contributed by atoms with van der Waals surface area (Å²) in [6, 6.07) is 0.765. The van der Waals surface area contributed by atoms with Gasteiger partial charge in [-0.05, 0) is 99.6 Å². The van der Waals surface area contributed by atoms with Crippen molar-refractivity contribution in [2.45, 2.75) is 116 Å². The lowest BCUT2D eigenvalue weighted by molar-refractivity contribution is -0.937. The topological polar surface area (TPSA) is 49.8 Å². The van der Waals surface area contributed by atoms with Gasteiger partial charge in [0.15, 0.2) is 6.10 Å². The number of esters is 1. The second-order valence-electron chi connectivity index (χ2n) is 14.7. The van der Waals surface area contributed by atoms with Crippen molar-refractivity contribution >= 4 is 5.97 Å². The maximum atomic E-state index is 12.5. The highest BCUT2D eigenvalue weighted by Gasteiger charge is 2.67.